The van der Waals surface area contributed by atoms with E-state index in [9.17, 15) is 4.79 Å². The predicted octanol–water partition coefficient (Wildman–Crippen LogP) is 1.80. The Morgan fingerprint density at radius 3 is 2.76 bits per heavy atom. The summed E-state index contributed by atoms with van der Waals surface area (Å²) in [5, 5.41) is 3.37. The number of hydrogen-bond acceptors (Lipinski definition) is 4. The molecule has 1 fully saturated rings. The van der Waals surface area contributed by atoms with Gasteiger partial charge in [-0.3, -0.25) is 4.79 Å². The zero-order valence-electron chi connectivity index (χ0n) is 13.2. The molecule has 0 bridgehead atoms. The van der Waals surface area contributed by atoms with Crippen molar-refractivity contribution in [1.82, 2.24) is 10.2 Å². The molecule has 0 radical (unpaired) electrons. The average molecular weight is 292 g/mol. The predicted molar refractivity (Wildman–Crippen MR) is 81.6 cm³/mol. The Balaban J connectivity index is 2.21. The molecule has 1 heterocycles. The van der Waals surface area contributed by atoms with Crippen LogP contribution in [0.4, 0.5) is 0 Å². The highest BCUT2D eigenvalue weighted by atomic mass is 16.5. The van der Waals surface area contributed by atoms with Crippen LogP contribution < -0.4 is 14.8 Å². The summed E-state index contributed by atoms with van der Waals surface area (Å²) < 4.78 is 11.4. The van der Waals surface area contributed by atoms with E-state index in [2.05, 4.69) is 19.2 Å². The Kier molecular flexibility index (Phi) is 5.07. The fraction of sp³-hybridized carbons (Fsp3) is 0.562. The third-order valence-electron chi connectivity index (χ3n) is 3.62. The maximum atomic E-state index is 12.0. The minimum Gasteiger partial charge on any atom is -0.493 e. The minimum absolute atomic E-state index is 0.0312. The highest BCUT2D eigenvalue weighted by Gasteiger charge is 2.32. The number of carbonyl (C=O) groups is 1. The van der Waals surface area contributed by atoms with E-state index in [4.69, 9.17) is 9.47 Å². The fourth-order valence-electron chi connectivity index (χ4n) is 2.35. The van der Waals surface area contributed by atoms with Crippen LogP contribution in [-0.2, 0) is 11.3 Å². The van der Waals surface area contributed by atoms with Crippen molar-refractivity contribution in [3.8, 4) is 11.5 Å². The van der Waals surface area contributed by atoms with Crippen molar-refractivity contribution in [1.29, 1.82) is 0 Å². The van der Waals surface area contributed by atoms with Crippen LogP contribution in [0.15, 0.2) is 18.2 Å². The number of methoxy groups -OCH3 is 1. The van der Waals surface area contributed by atoms with Crippen LogP contribution in [0, 0.1) is 0 Å². The number of likely N-dealkylation sites (N-methyl/N-ethyl adjacent to an activating group) is 1. The number of carbonyl (C=O) groups excluding carboxylic acids is 1. The number of hydrogen-bond donors (Lipinski definition) is 1. The molecule has 5 heteroatoms. The van der Waals surface area contributed by atoms with Gasteiger partial charge in [0, 0.05) is 38.2 Å². The molecule has 1 aromatic rings. The maximum Gasteiger partial charge on any atom is 0.263 e. The molecule has 116 valence electrons. The number of rotatable bonds is 6. The van der Waals surface area contributed by atoms with Crippen LogP contribution in [0.2, 0.25) is 0 Å². The molecule has 1 amide bonds. The van der Waals surface area contributed by atoms with Crippen LogP contribution in [-0.4, -0.2) is 43.7 Å². The second-order valence-electron chi connectivity index (χ2n) is 5.64. The molecule has 5 nitrogen and oxygen atoms in total. The van der Waals surface area contributed by atoms with E-state index in [-0.39, 0.29) is 5.91 Å². The van der Waals surface area contributed by atoms with Crippen molar-refractivity contribution in [2.24, 2.45) is 0 Å². The van der Waals surface area contributed by atoms with Gasteiger partial charge in [-0.25, -0.2) is 0 Å². The highest BCUT2D eigenvalue weighted by Crippen LogP contribution is 2.33. The van der Waals surface area contributed by atoms with E-state index in [0.717, 1.165) is 12.1 Å². The van der Waals surface area contributed by atoms with Gasteiger partial charge in [0.05, 0.1) is 7.11 Å². The third-order valence-corrected chi connectivity index (χ3v) is 3.62. The molecule has 1 N–H and O–H groups in total. The van der Waals surface area contributed by atoms with Gasteiger partial charge in [0.2, 0.25) is 0 Å². The summed E-state index contributed by atoms with van der Waals surface area (Å²) in [5.74, 6) is 1.37. The second kappa shape index (κ2) is 6.80. The van der Waals surface area contributed by atoms with E-state index in [1.807, 2.05) is 18.2 Å². The minimum atomic E-state index is -0.413. The normalized spacial score (nSPS) is 18.4. The van der Waals surface area contributed by atoms with Gasteiger partial charge in [-0.2, -0.15) is 0 Å². The number of benzene rings is 1. The second-order valence-corrected chi connectivity index (χ2v) is 5.64. The Morgan fingerprint density at radius 1 is 1.43 bits per heavy atom. The van der Waals surface area contributed by atoms with Crippen molar-refractivity contribution in [2.45, 2.75) is 39.0 Å². The first-order valence-corrected chi connectivity index (χ1v) is 7.33. The fourth-order valence-corrected chi connectivity index (χ4v) is 2.35. The van der Waals surface area contributed by atoms with Crippen molar-refractivity contribution >= 4 is 5.91 Å². The summed E-state index contributed by atoms with van der Waals surface area (Å²) >= 11 is 0. The van der Waals surface area contributed by atoms with Gasteiger partial charge < -0.3 is 19.7 Å². The molecule has 0 aliphatic carbocycles. The number of para-hydroxylation sites is 1. The lowest BCUT2D eigenvalue weighted by Gasteiger charge is -2.19. The first kappa shape index (κ1) is 15.6. The molecule has 0 saturated carbocycles. The van der Waals surface area contributed by atoms with Gasteiger partial charge in [-0.05, 0) is 6.07 Å². The Morgan fingerprint density at radius 2 is 2.19 bits per heavy atom. The van der Waals surface area contributed by atoms with Gasteiger partial charge in [-0.1, -0.05) is 26.0 Å². The molecule has 0 spiro atoms. The monoisotopic (exact) mass is 292 g/mol. The van der Waals surface area contributed by atoms with Gasteiger partial charge in [0.25, 0.3) is 5.91 Å². The summed E-state index contributed by atoms with van der Waals surface area (Å²) in [6, 6.07) is 6.17. The molecule has 1 aliphatic heterocycles. The van der Waals surface area contributed by atoms with E-state index < -0.39 is 6.10 Å². The summed E-state index contributed by atoms with van der Waals surface area (Å²) in [7, 11) is 3.42. The molecule has 1 atom stereocenters. The summed E-state index contributed by atoms with van der Waals surface area (Å²) in [5.41, 5.74) is 1.01. The third kappa shape index (κ3) is 3.67. The van der Waals surface area contributed by atoms with Crippen molar-refractivity contribution < 1.29 is 14.3 Å². The van der Waals surface area contributed by atoms with Crippen LogP contribution in [0.3, 0.4) is 0 Å². The van der Waals surface area contributed by atoms with Crippen molar-refractivity contribution in [3.63, 3.8) is 0 Å². The molecular formula is C16H24N2O3. The van der Waals surface area contributed by atoms with E-state index >= 15 is 0 Å². The average Bonchev–Trinajstić information content (AvgIpc) is 2.78. The Bertz CT molecular complexity index is 502. The highest BCUT2D eigenvalue weighted by molar-refractivity contribution is 5.83. The van der Waals surface area contributed by atoms with Crippen LogP contribution in [0.5, 0.6) is 11.5 Å². The largest absolute Gasteiger partial charge is 0.493 e. The van der Waals surface area contributed by atoms with Gasteiger partial charge in [0.15, 0.2) is 17.6 Å². The summed E-state index contributed by atoms with van der Waals surface area (Å²) in [6.45, 7) is 5.60. The molecule has 1 aromatic carbocycles. The van der Waals surface area contributed by atoms with Gasteiger partial charge in [0.1, 0.15) is 0 Å². The SMILES string of the molecule is COc1cccc(CNC(C)C)c1OC1CCN(C)C1=O. The molecule has 1 aliphatic rings. The smallest absolute Gasteiger partial charge is 0.263 e. The molecule has 1 saturated heterocycles. The van der Waals surface area contributed by atoms with Crippen LogP contribution in [0.25, 0.3) is 0 Å². The number of nitrogens with zero attached hydrogens (tertiary/aromatic N) is 1. The van der Waals surface area contributed by atoms with Gasteiger partial charge in [-0.15, -0.1) is 0 Å². The lowest BCUT2D eigenvalue weighted by molar-refractivity contribution is -0.132. The quantitative estimate of drug-likeness (QED) is 0.868. The van der Waals surface area contributed by atoms with Gasteiger partial charge >= 0.3 is 0 Å². The molecule has 2 rings (SSSR count). The number of ether oxygens (including phenoxy) is 2. The number of nitrogens with one attached hydrogen (secondary N) is 1. The number of amides is 1. The molecule has 1 unspecified atom stereocenters. The summed E-state index contributed by atoms with van der Waals surface area (Å²) in [6.07, 6.45) is 0.300. The lowest BCUT2D eigenvalue weighted by Crippen LogP contribution is -2.30. The van der Waals surface area contributed by atoms with Crippen molar-refractivity contribution in [2.75, 3.05) is 20.7 Å². The maximum absolute atomic E-state index is 12.0. The Hall–Kier alpha value is -1.75. The first-order valence-electron chi connectivity index (χ1n) is 7.33. The lowest BCUT2D eigenvalue weighted by atomic mass is 10.1. The zero-order chi connectivity index (χ0) is 15.4. The zero-order valence-corrected chi connectivity index (χ0v) is 13.2. The first-order chi connectivity index (χ1) is 10.0. The Labute approximate surface area is 126 Å². The van der Waals surface area contributed by atoms with Crippen LogP contribution in [0.1, 0.15) is 25.8 Å². The van der Waals surface area contributed by atoms with E-state index in [1.54, 1.807) is 19.1 Å². The molecule has 21 heavy (non-hydrogen) atoms. The standard InChI is InChI=1S/C16H24N2O3/c1-11(2)17-10-12-6-5-7-13(20-4)15(12)21-14-8-9-18(3)16(14)19/h5-7,11,14,17H,8-10H2,1-4H3. The number of likely N-dealkylation sites (tertiary alicyclic amines) is 1. The van der Waals surface area contributed by atoms with E-state index in [0.29, 0.717) is 30.5 Å². The van der Waals surface area contributed by atoms with Crippen LogP contribution >= 0.6 is 0 Å². The summed E-state index contributed by atoms with van der Waals surface area (Å²) in [4.78, 5) is 13.7. The molecule has 0 aromatic heterocycles. The van der Waals surface area contributed by atoms with Crippen molar-refractivity contribution in [3.05, 3.63) is 23.8 Å². The van der Waals surface area contributed by atoms with E-state index in [1.165, 1.54) is 0 Å². The molecular weight excluding hydrogens is 268 g/mol. The topological polar surface area (TPSA) is 50.8 Å².